The summed E-state index contributed by atoms with van der Waals surface area (Å²) in [5.74, 6) is 2.42. The van der Waals surface area contributed by atoms with E-state index in [-0.39, 0.29) is 0 Å². The summed E-state index contributed by atoms with van der Waals surface area (Å²) in [6.45, 7) is 4.16. The number of hydrogen-bond donors (Lipinski definition) is 0. The van der Waals surface area contributed by atoms with Gasteiger partial charge in [-0.25, -0.2) is 0 Å². The molecule has 1 aliphatic rings. The van der Waals surface area contributed by atoms with Crippen molar-refractivity contribution in [2.24, 2.45) is 0 Å². The smallest absolute Gasteiger partial charge is 0.229 e. The van der Waals surface area contributed by atoms with Crippen molar-refractivity contribution in [3.8, 4) is 0 Å². The average molecular weight is 224 g/mol. The van der Waals surface area contributed by atoms with Crippen molar-refractivity contribution in [2.45, 2.75) is 57.5 Å². The van der Waals surface area contributed by atoms with Crippen molar-refractivity contribution in [1.82, 2.24) is 10.1 Å². The zero-order valence-corrected chi connectivity index (χ0v) is 10.3. The van der Waals surface area contributed by atoms with Gasteiger partial charge in [-0.1, -0.05) is 19.0 Å². The molecular weight excluding hydrogens is 204 g/mol. The molecule has 4 heteroatoms. The maximum Gasteiger partial charge on any atom is 0.229 e. The van der Waals surface area contributed by atoms with Crippen molar-refractivity contribution in [3.63, 3.8) is 0 Å². The maximum absolute atomic E-state index is 5.35. The van der Waals surface area contributed by atoms with Crippen LogP contribution in [0.4, 0.5) is 0 Å². The molecular formula is C12H20N2O2. The molecule has 90 valence electrons. The lowest BCUT2D eigenvalue weighted by Crippen LogP contribution is -2.19. The van der Waals surface area contributed by atoms with E-state index in [1.54, 1.807) is 7.11 Å². The highest BCUT2D eigenvalue weighted by molar-refractivity contribution is 4.98. The molecule has 0 atom stereocenters. The molecule has 1 aromatic rings. The van der Waals surface area contributed by atoms with Gasteiger partial charge in [-0.05, 0) is 25.7 Å². The van der Waals surface area contributed by atoms with Crippen LogP contribution in [0.2, 0.25) is 0 Å². The Bertz CT molecular complexity index is 328. The Morgan fingerprint density at radius 2 is 1.94 bits per heavy atom. The van der Waals surface area contributed by atoms with Crippen LogP contribution in [0, 0.1) is 0 Å². The molecule has 0 aliphatic heterocycles. The summed E-state index contributed by atoms with van der Waals surface area (Å²) >= 11 is 0. The number of methoxy groups -OCH3 is 1. The van der Waals surface area contributed by atoms with Gasteiger partial charge in [-0.15, -0.1) is 0 Å². The predicted molar refractivity (Wildman–Crippen MR) is 60.4 cm³/mol. The molecule has 0 bridgehead atoms. The van der Waals surface area contributed by atoms with Crippen molar-refractivity contribution in [2.75, 3.05) is 7.11 Å². The number of ether oxygens (including phenoxy) is 1. The third-order valence-electron chi connectivity index (χ3n) is 3.33. The Morgan fingerprint density at radius 3 is 2.44 bits per heavy atom. The van der Waals surface area contributed by atoms with E-state index in [2.05, 4.69) is 24.0 Å². The standard InChI is InChI=1S/C12H20N2O2/c1-8(2)11-13-12(16-14-11)9-4-6-10(15-3)7-5-9/h8-10H,4-7H2,1-3H3. The van der Waals surface area contributed by atoms with E-state index < -0.39 is 0 Å². The third-order valence-corrected chi connectivity index (χ3v) is 3.33. The molecule has 0 amide bonds. The first-order valence-corrected chi connectivity index (χ1v) is 6.07. The maximum atomic E-state index is 5.35. The molecule has 0 saturated heterocycles. The largest absolute Gasteiger partial charge is 0.381 e. The molecule has 0 radical (unpaired) electrons. The molecule has 0 spiro atoms. The summed E-state index contributed by atoms with van der Waals surface area (Å²) < 4.78 is 10.7. The van der Waals surface area contributed by atoms with Gasteiger partial charge >= 0.3 is 0 Å². The Balaban J connectivity index is 1.97. The Labute approximate surface area is 96.4 Å². The van der Waals surface area contributed by atoms with Gasteiger partial charge in [0.05, 0.1) is 6.10 Å². The predicted octanol–water partition coefficient (Wildman–Crippen LogP) is 2.87. The van der Waals surface area contributed by atoms with Crippen LogP contribution in [0.3, 0.4) is 0 Å². The fourth-order valence-electron chi connectivity index (χ4n) is 2.19. The van der Waals surface area contributed by atoms with Gasteiger partial charge in [-0.2, -0.15) is 4.98 Å². The number of rotatable bonds is 3. The minimum absolute atomic E-state index is 0.341. The van der Waals surface area contributed by atoms with Crippen LogP contribution in [-0.4, -0.2) is 23.4 Å². The highest BCUT2D eigenvalue weighted by Crippen LogP contribution is 2.33. The van der Waals surface area contributed by atoms with Crippen molar-refractivity contribution in [1.29, 1.82) is 0 Å². The van der Waals surface area contributed by atoms with Gasteiger partial charge in [0, 0.05) is 18.9 Å². The summed E-state index contributed by atoms with van der Waals surface area (Å²) in [4.78, 5) is 4.47. The minimum atomic E-state index is 0.341. The molecule has 16 heavy (non-hydrogen) atoms. The number of hydrogen-bond acceptors (Lipinski definition) is 4. The van der Waals surface area contributed by atoms with E-state index in [9.17, 15) is 0 Å². The summed E-state index contributed by atoms with van der Waals surface area (Å²) in [5.41, 5.74) is 0. The van der Waals surface area contributed by atoms with E-state index in [1.165, 1.54) is 0 Å². The second kappa shape index (κ2) is 4.95. The SMILES string of the molecule is COC1CCC(c2nc(C(C)C)no2)CC1. The zero-order chi connectivity index (χ0) is 11.5. The number of aromatic nitrogens is 2. The van der Waals surface area contributed by atoms with Gasteiger partial charge in [0.25, 0.3) is 0 Å². The van der Waals surface area contributed by atoms with Crippen LogP contribution in [0.15, 0.2) is 4.52 Å². The van der Waals surface area contributed by atoms with E-state index >= 15 is 0 Å². The van der Waals surface area contributed by atoms with Crippen molar-refractivity contribution < 1.29 is 9.26 Å². The van der Waals surface area contributed by atoms with Crippen LogP contribution < -0.4 is 0 Å². The fourth-order valence-corrected chi connectivity index (χ4v) is 2.19. The van der Waals surface area contributed by atoms with E-state index in [0.29, 0.717) is 17.9 Å². The first kappa shape index (κ1) is 11.6. The molecule has 0 unspecified atom stereocenters. The first-order valence-electron chi connectivity index (χ1n) is 6.07. The lowest BCUT2D eigenvalue weighted by Gasteiger charge is -2.24. The second-order valence-corrected chi connectivity index (χ2v) is 4.85. The molecule has 1 aliphatic carbocycles. The van der Waals surface area contributed by atoms with Crippen LogP contribution >= 0.6 is 0 Å². The van der Waals surface area contributed by atoms with E-state index in [1.807, 2.05) is 0 Å². The van der Waals surface area contributed by atoms with Gasteiger partial charge < -0.3 is 9.26 Å². The van der Waals surface area contributed by atoms with Crippen LogP contribution in [-0.2, 0) is 4.74 Å². The molecule has 1 fully saturated rings. The van der Waals surface area contributed by atoms with Crippen LogP contribution in [0.5, 0.6) is 0 Å². The molecule has 0 aromatic carbocycles. The highest BCUT2D eigenvalue weighted by atomic mass is 16.5. The van der Waals surface area contributed by atoms with Crippen LogP contribution in [0.1, 0.15) is 63.1 Å². The molecule has 1 aromatic heterocycles. The topological polar surface area (TPSA) is 48.2 Å². The lowest BCUT2D eigenvalue weighted by molar-refractivity contribution is 0.0626. The van der Waals surface area contributed by atoms with E-state index in [0.717, 1.165) is 37.4 Å². The van der Waals surface area contributed by atoms with Crippen molar-refractivity contribution in [3.05, 3.63) is 11.7 Å². The van der Waals surface area contributed by atoms with Gasteiger partial charge in [0.1, 0.15) is 0 Å². The molecule has 0 N–H and O–H groups in total. The molecule has 1 heterocycles. The van der Waals surface area contributed by atoms with Gasteiger partial charge in [0.2, 0.25) is 5.89 Å². The Morgan fingerprint density at radius 1 is 1.25 bits per heavy atom. The highest BCUT2D eigenvalue weighted by Gasteiger charge is 2.26. The Hall–Kier alpha value is -0.900. The summed E-state index contributed by atoms with van der Waals surface area (Å²) in [5, 5.41) is 4.01. The number of nitrogens with zero attached hydrogens (tertiary/aromatic N) is 2. The lowest BCUT2D eigenvalue weighted by atomic mass is 9.87. The normalized spacial score (nSPS) is 26.2. The quantitative estimate of drug-likeness (QED) is 0.792. The zero-order valence-electron chi connectivity index (χ0n) is 10.3. The second-order valence-electron chi connectivity index (χ2n) is 4.85. The molecule has 4 nitrogen and oxygen atoms in total. The monoisotopic (exact) mass is 224 g/mol. The van der Waals surface area contributed by atoms with Crippen molar-refractivity contribution >= 4 is 0 Å². The summed E-state index contributed by atoms with van der Waals surface area (Å²) in [6, 6.07) is 0. The summed E-state index contributed by atoms with van der Waals surface area (Å²) in [7, 11) is 1.79. The Kier molecular flexibility index (Phi) is 3.59. The van der Waals surface area contributed by atoms with Crippen LogP contribution in [0.25, 0.3) is 0 Å². The van der Waals surface area contributed by atoms with Gasteiger partial charge in [0.15, 0.2) is 5.82 Å². The molecule has 1 saturated carbocycles. The third kappa shape index (κ3) is 2.43. The molecule has 2 rings (SSSR count). The average Bonchev–Trinajstić information content (AvgIpc) is 2.78. The fraction of sp³-hybridized carbons (Fsp3) is 0.833. The van der Waals surface area contributed by atoms with E-state index in [4.69, 9.17) is 9.26 Å². The minimum Gasteiger partial charge on any atom is -0.381 e. The first-order chi connectivity index (χ1) is 7.70. The van der Waals surface area contributed by atoms with Gasteiger partial charge in [-0.3, -0.25) is 0 Å². The summed E-state index contributed by atoms with van der Waals surface area (Å²) in [6.07, 6.45) is 4.81.